The van der Waals surface area contributed by atoms with E-state index in [0.717, 1.165) is 0 Å². The molecular weight excluding hydrogens is 228 g/mol. The fraction of sp³-hybridized carbons (Fsp3) is 0.500. The van der Waals surface area contributed by atoms with Gasteiger partial charge in [-0.25, -0.2) is 4.79 Å². The van der Waals surface area contributed by atoms with Crippen molar-refractivity contribution in [1.82, 2.24) is 10.3 Å². The first-order chi connectivity index (χ1) is 7.56. The van der Waals surface area contributed by atoms with E-state index in [0.29, 0.717) is 11.3 Å². The number of rotatable bonds is 5. The Balaban J connectivity index is 2.69. The third-order valence-corrected chi connectivity index (χ3v) is 3.19. The van der Waals surface area contributed by atoms with Gasteiger partial charge in [0.05, 0.1) is 11.7 Å². The Hall–Kier alpha value is -1.43. The van der Waals surface area contributed by atoms with E-state index in [1.165, 1.54) is 23.0 Å². The summed E-state index contributed by atoms with van der Waals surface area (Å²) in [6.45, 7) is 3.69. The third kappa shape index (κ3) is 3.03. The van der Waals surface area contributed by atoms with Gasteiger partial charge in [0.1, 0.15) is 10.9 Å². The van der Waals surface area contributed by atoms with Crippen molar-refractivity contribution in [1.29, 1.82) is 0 Å². The maximum absolute atomic E-state index is 11.6. The zero-order valence-electron chi connectivity index (χ0n) is 9.14. The van der Waals surface area contributed by atoms with Crippen molar-refractivity contribution < 1.29 is 14.7 Å². The molecule has 0 fully saturated rings. The van der Waals surface area contributed by atoms with Crippen LogP contribution in [0.1, 0.15) is 29.9 Å². The molecule has 0 saturated heterocycles. The van der Waals surface area contributed by atoms with Crippen LogP contribution in [0.5, 0.6) is 0 Å². The number of hydrogen-bond donors (Lipinski definition) is 2. The molecule has 5 nitrogen and oxygen atoms in total. The number of thiazole rings is 1. The van der Waals surface area contributed by atoms with Crippen LogP contribution in [-0.2, 0) is 4.79 Å². The normalized spacial score (nSPS) is 14.1. The number of aliphatic carboxylic acids is 1. The van der Waals surface area contributed by atoms with E-state index in [4.69, 9.17) is 5.11 Å². The Morgan fingerprint density at radius 1 is 1.62 bits per heavy atom. The Morgan fingerprint density at radius 3 is 2.75 bits per heavy atom. The highest BCUT2D eigenvalue weighted by Crippen LogP contribution is 2.11. The van der Waals surface area contributed by atoms with Gasteiger partial charge in [-0.15, -0.1) is 11.3 Å². The second-order valence-electron chi connectivity index (χ2n) is 3.54. The average Bonchev–Trinajstić information content (AvgIpc) is 2.77. The fourth-order valence-corrected chi connectivity index (χ4v) is 1.75. The molecule has 0 aliphatic rings. The minimum Gasteiger partial charge on any atom is -0.480 e. The van der Waals surface area contributed by atoms with Gasteiger partial charge < -0.3 is 10.4 Å². The topological polar surface area (TPSA) is 79.3 Å². The summed E-state index contributed by atoms with van der Waals surface area (Å²) in [6, 6.07) is -0.848. The number of carboxylic acid groups (broad SMARTS) is 1. The van der Waals surface area contributed by atoms with Crippen LogP contribution in [0.4, 0.5) is 0 Å². The van der Waals surface area contributed by atoms with Gasteiger partial charge in [0.2, 0.25) is 0 Å². The Kier molecular flexibility index (Phi) is 4.42. The van der Waals surface area contributed by atoms with E-state index in [9.17, 15) is 9.59 Å². The minimum atomic E-state index is -1.01. The molecule has 0 aliphatic carbocycles. The summed E-state index contributed by atoms with van der Waals surface area (Å²) in [5.41, 5.74) is 1.54. The smallest absolute Gasteiger partial charge is 0.326 e. The van der Waals surface area contributed by atoms with E-state index in [-0.39, 0.29) is 11.8 Å². The standard InChI is InChI=1S/C10H14N2O3S/c1-3-6(2)8(10(14)15)12-9(13)7-4-11-5-16-7/h4-6,8H,3H2,1-2H3,(H,12,13)(H,14,15)/t6?,8-/m0/s1. The maximum atomic E-state index is 11.6. The summed E-state index contributed by atoms with van der Waals surface area (Å²) in [6.07, 6.45) is 2.12. The molecule has 1 rings (SSSR count). The van der Waals surface area contributed by atoms with E-state index in [1.807, 2.05) is 6.92 Å². The predicted molar refractivity (Wildman–Crippen MR) is 60.5 cm³/mol. The zero-order valence-corrected chi connectivity index (χ0v) is 9.95. The molecule has 0 aliphatic heterocycles. The van der Waals surface area contributed by atoms with Gasteiger partial charge in [0, 0.05) is 0 Å². The molecule has 0 saturated carbocycles. The van der Waals surface area contributed by atoms with Crippen LogP contribution in [0.3, 0.4) is 0 Å². The van der Waals surface area contributed by atoms with Crippen LogP contribution in [0, 0.1) is 5.92 Å². The predicted octanol–water partition coefficient (Wildman–Crippen LogP) is 1.37. The number of amides is 1. The van der Waals surface area contributed by atoms with Crippen molar-refractivity contribution in [3.8, 4) is 0 Å². The minimum absolute atomic E-state index is 0.102. The first-order valence-corrected chi connectivity index (χ1v) is 5.86. The monoisotopic (exact) mass is 242 g/mol. The number of aromatic nitrogens is 1. The van der Waals surface area contributed by atoms with Gasteiger partial charge in [-0.3, -0.25) is 9.78 Å². The molecular formula is C10H14N2O3S. The van der Waals surface area contributed by atoms with Crippen molar-refractivity contribution in [3.05, 3.63) is 16.6 Å². The third-order valence-electron chi connectivity index (χ3n) is 2.42. The molecule has 16 heavy (non-hydrogen) atoms. The number of carbonyl (C=O) groups excluding carboxylic acids is 1. The lowest BCUT2D eigenvalue weighted by atomic mass is 9.99. The van der Waals surface area contributed by atoms with Gasteiger partial charge in [0.25, 0.3) is 5.91 Å². The molecule has 1 amide bonds. The summed E-state index contributed by atoms with van der Waals surface area (Å²) >= 11 is 1.19. The highest BCUT2D eigenvalue weighted by Gasteiger charge is 2.25. The Labute approximate surface area is 97.5 Å². The molecule has 1 aromatic rings. The van der Waals surface area contributed by atoms with E-state index < -0.39 is 12.0 Å². The molecule has 2 N–H and O–H groups in total. The van der Waals surface area contributed by atoms with Gasteiger partial charge in [-0.2, -0.15) is 0 Å². The summed E-state index contributed by atoms with van der Waals surface area (Å²) in [4.78, 5) is 26.8. The van der Waals surface area contributed by atoms with E-state index in [2.05, 4.69) is 10.3 Å². The first kappa shape index (κ1) is 12.6. The van der Waals surface area contributed by atoms with Crippen LogP contribution < -0.4 is 5.32 Å². The Bertz CT molecular complexity index is 364. The van der Waals surface area contributed by atoms with E-state index in [1.54, 1.807) is 6.92 Å². The van der Waals surface area contributed by atoms with Crippen molar-refractivity contribution in [2.75, 3.05) is 0 Å². The largest absolute Gasteiger partial charge is 0.480 e. The van der Waals surface area contributed by atoms with Crippen LogP contribution in [0.2, 0.25) is 0 Å². The van der Waals surface area contributed by atoms with Crippen molar-refractivity contribution >= 4 is 23.2 Å². The highest BCUT2D eigenvalue weighted by atomic mass is 32.1. The number of carbonyl (C=O) groups is 2. The molecule has 1 aromatic heterocycles. The molecule has 0 spiro atoms. The second-order valence-corrected chi connectivity index (χ2v) is 4.43. The lowest BCUT2D eigenvalue weighted by molar-refractivity contribution is -0.140. The van der Waals surface area contributed by atoms with Crippen molar-refractivity contribution in [3.63, 3.8) is 0 Å². The summed E-state index contributed by atoms with van der Waals surface area (Å²) < 4.78 is 0. The summed E-state index contributed by atoms with van der Waals surface area (Å²) in [5, 5.41) is 11.5. The van der Waals surface area contributed by atoms with Gasteiger partial charge >= 0.3 is 5.97 Å². The van der Waals surface area contributed by atoms with Gasteiger partial charge in [0.15, 0.2) is 0 Å². The SMILES string of the molecule is CCC(C)[C@H](NC(=O)c1cncs1)C(=O)O. The number of hydrogen-bond acceptors (Lipinski definition) is 4. The Morgan fingerprint density at radius 2 is 2.31 bits per heavy atom. The van der Waals surface area contributed by atoms with Crippen LogP contribution in [0.15, 0.2) is 11.7 Å². The quantitative estimate of drug-likeness (QED) is 0.817. The zero-order chi connectivity index (χ0) is 12.1. The lowest BCUT2D eigenvalue weighted by Gasteiger charge is -2.19. The van der Waals surface area contributed by atoms with Gasteiger partial charge in [-0.05, 0) is 5.92 Å². The molecule has 1 unspecified atom stereocenters. The lowest BCUT2D eigenvalue weighted by Crippen LogP contribution is -2.44. The molecule has 88 valence electrons. The fourth-order valence-electron chi connectivity index (χ4n) is 1.22. The summed E-state index contributed by atoms with van der Waals surface area (Å²) in [5.74, 6) is -1.49. The molecule has 0 aromatic carbocycles. The molecule has 1 heterocycles. The van der Waals surface area contributed by atoms with E-state index >= 15 is 0 Å². The number of nitrogens with one attached hydrogen (secondary N) is 1. The summed E-state index contributed by atoms with van der Waals surface area (Å²) in [7, 11) is 0. The molecule has 0 bridgehead atoms. The highest BCUT2D eigenvalue weighted by molar-refractivity contribution is 7.11. The van der Waals surface area contributed by atoms with Crippen molar-refractivity contribution in [2.24, 2.45) is 5.92 Å². The molecule has 0 radical (unpaired) electrons. The van der Waals surface area contributed by atoms with Crippen LogP contribution in [-0.4, -0.2) is 28.0 Å². The number of carboxylic acids is 1. The first-order valence-electron chi connectivity index (χ1n) is 4.98. The average molecular weight is 242 g/mol. The maximum Gasteiger partial charge on any atom is 0.326 e. The second kappa shape index (κ2) is 5.60. The van der Waals surface area contributed by atoms with Crippen molar-refractivity contribution in [2.45, 2.75) is 26.3 Å². The van der Waals surface area contributed by atoms with Gasteiger partial charge in [-0.1, -0.05) is 20.3 Å². The molecule has 2 atom stereocenters. The molecule has 6 heteroatoms. The van der Waals surface area contributed by atoms with Crippen LogP contribution in [0.25, 0.3) is 0 Å². The van der Waals surface area contributed by atoms with Crippen LogP contribution >= 0.6 is 11.3 Å². The number of nitrogens with zero attached hydrogens (tertiary/aromatic N) is 1.